The number of imidazole rings is 1. The van der Waals surface area contributed by atoms with E-state index in [-0.39, 0.29) is 42.8 Å². The van der Waals surface area contributed by atoms with Crippen molar-refractivity contribution in [2.45, 2.75) is 6.92 Å². The number of nitrogens with zero attached hydrogens (tertiary/aromatic N) is 3. The summed E-state index contributed by atoms with van der Waals surface area (Å²) >= 11 is 12.6. The Bertz CT molecular complexity index is 1430. The molecule has 0 aliphatic carbocycles. The largest absolute Gasteiger partial charge is 0.480 e. The molecule has 1 aromatic heterocycles. The second-order valence-electron chi connectivity index (χ2n) is 8.10. The summed E-state index contributed by atoms with van der Waals surface area (Å²) in [4.78, 5) is 29.9. The van der Waals surface area contributed by atoms with Gasteiger partial charge in [0.25, 0.3) is 5.91 Å². The van der Waals surface area contributed by atoms with E-state index in [4.69, 9.17) is 32.7 Å². The third-order valence-electron chi connectivity index (χ3n) is 5.66. The average molecular weight is 567 g/mol. The summed E-state index contributed by atoms with van der Waals surface area (Å²) in [7, 11) is -1.72. The molecule has 0 saturated carbocycles. The first-order valence-electron chi connectivity index (χ1n) is 11.3. The van der Waals surface area contributed by atoms with Crippen molar-refractivity contribution in [3.8, 4) is 23.0 Å². The molecule has 1 N–H and O–H groups in total. The smallest absolute Gasteiger partial charge is 0.338 e. The number of esters is 1. The second-order valence-corrected chi connectivity index (χ2v) is 11.2. The van der Waals surface area contributed by atoms with Gasteiger partial charge >= 0.3 is 5.97 Å². The fraction of sp³-hybridized carbons (Fsp3) is 0.292. The Morgan fingerprint density at radius 2 is 1.76 bits per heavy atom. The molecule has 0 spiro atoms. The molecule has 10 nitrogen and oxygen atoms in total. The predicted octanol–water partition coefficient (Wildman–Crippen LogP) is 3.41. The number of halogens is 2. The molecule has 37 heavy (non-hydrogen) atoms. The van der Waals surface area contributed by atoms with Crippen LogP contribution in [0.15, 0.2) is 42.5 Å². The van der Waals surface area contributed by atoms with Crippen LogP contribution in [0.25, 0.3) is 17.1 Å². The summed E-state index contributed by atoms with van der Waals surface area (Å²) in [6, 6.07) is 11.4. The number of amides is 1. The molecule has 2 aromatic carbocycles. The third kappa shape index (κ3) is 5.90. The van der Waals surface area contributed by atoms with Crippen molar-refractivity contribution >= 4 is 44.9 Å². The molecule has 1 saturated heterocycles. The minimum absolute atomic E-state index is 0.0357. The van der Waals surface area contributed by atoms with Crippen LogP contribution in [0.1, 0.15) is 27.8 Å². The van der Waals surface area contributed by atoms with E-state index in [1.807, 2.05) is 0 Å². The number of nitrogens with one attached hydrogen (secondary N) is 1. The van der Waals surface area contributed by atoms with Crippen LogP contribution in [-0.4, -0.2) is 73.2 Å². The monoisotopic (exact) mass is 566 g/mol. The number of hydrazine groups is 1. The number of sulfone groups is 1. The highest BCUT2D eigenvalue weighted by atomic mass is 35.5. The maximum Gasteiger partial charge on any atom is 0.338 e. The van der Waals surface area contributed by atoms with Crippen molar-refractivity contribution in [1.82, 2.24) is 20.0 Å². The summed E-state index contributed by atoms with van der Waals surface area (Å²) in [6.07, 6.45) is 0. The van der Waals surface area contributed by atoms with E-state index >= 15 is 0 Å². The van der Waals surface area contributed by atoms with E-state index in [1.165, 1.54) is 12.1 Å². The average Bonchev–Trinajstić information content (AvgIpc) is 3.25. The fourth-order valence-corrected chi connectivity index (χ4v) is 5.51. The summed E-state index contributed by atoms with van der Waals surface area (Å²) in [6.45, 7) is 2.28. The molecule has 3 aromatic rings. The lowest BCUT2D eigenvalue weighted by atomic mass is 10.2. The number of rotatable bonds is 7. The van der Waals surface area contributed by atoms with E-state index in [9.17, 15) is 18.0 Å². The van der Waals surface area contributed by atoms with Gasteiger partial charge in [0.2, 0.25) is 5.88 Å². The van der Waals surface area contributed by atoms with Gasteiger partial charge in [-0.15, -0.1) is 0 Å². The van der Waals surface area contributed by atoms with Gasteiger partial charge in [-0.3, -0.25) is 14.8 Å². The minimum atomic E-state index is -3.12. The molecular formula is C24H24Cl2N4O6S. The van der Waals surface area contributed by atoms with Crippen molar-refractivity contribution in [1.29, 1.82) is 0 Å². The van der Waals surface area contributed by atoms with E-state index in [2.05, 4.69) is 10.4 Å². The third-order valence-corrected chi connectivity index (χ3v) is 7.81. The van der Waals surface area contributed by atoms with Gasteiger partial charge in [-0.05, 0) is 49.4 Å². The number of hydrogen-bond acceptors (Lipinski definition) is 8. The molecule has 1 amide bonds. The number of aromatic nitrogens is 2. The van der Waals surface area contributed by atoms with Gasteiger partial charge in [-0.1, -0.05) is 23.2 Å². The van der Waals surface area contributed by atoms with Crippen molar-refractivity contribution in [2.24, 2.45) is 0 Å². The summed E-state index contributed by atoms with van der Waals surface area (Å²) < 4.78 is 35.8. The van der Waals surface area contributed by atoms with Gasteiger partial charge in [0, 0.05) is 23.7 Å². The van der Waals surface area contributed by atoms with E-state index in [0.29, 0.717) is 32.7 Å². The second kappa shape index (κ2) is 11.1. The topological polar surface area (TPSA) is 120 Å². The molecule has 1 fully saturated rings. The van der Waals surface area contributed by atoms with Crippen LogP contribution in [0.5, 0.6) is 5.88 Å². The number of hydrogen-bond donors (Lipinski definition) is 1. The number of benzene rings is 2. The molecule has 2 heterocycles. The van der Waals surface area contributed by atoms with Gasteiger partial charge < -0.3 is 9.47 Å². The predicted molar refractivity (Wildman–Crippen MR) is 139 cm³/mol. The first-order chi connectivity index (χ1) is 17.6. The zero-order valence-corrected chi connectivity index (χ0v) is 22.4. The van der Waals surface area contributed by atoms with Crippen LogP contribution in [0, 0.1) is 0 Å². The molecule has 0 unspecified atom stereocenters. The lowest BCUT2D eigenvalue weighted by Gasteiger charge is -2.26. The first kappa shape index (κ1) is 26.9. The lowest BCUT2D eigenvalue weighted by molar-refractivity contribution is 0.0526. The summed E-state index contributed by atoms with van der Waals surface area (Å²) in [5.41, 5.74) is 4.06. The number of carbonyl (C=O) groups is 2. The zero-order valence-electron chi connectivity index (χ0n) is 20.0. The van der Waals surface area contributed by atoms with Crippen molar-refractivity contribution in [3.05, 3.63) is 63.8 Å². The van der Waals surface area contributed by atoms with E-state index in [0.717, 1.165) is 0 Å². The number of methoxy groups -OCH3 is 1. The Morgan fingerprint density at radius 1 is 1.08 bits per heavy atom. The highest BCUT2D eigenvalue weighted by Gasteiger charge is 2.29. The molecule has 196 valence electrons. The summed E-state index contributed by atoms with van der Waals surface area (Å²) in [5.74, 6) is -0.740. The highest BCUT2D eigenvalue weighted by molar-refractivity contribution is 7.91. The Morgan fingerprint density at radius 3 is 2.35 bits per heavy atom. The van der Waals surface area contributed by atoms with Crippen LogP contribution in [-0.2, 0) is 14.6 Å². The van der Waals surface area contributed by atoms with Crippen molar-refractivity contribution in [3.63, 3.8) is 0 Å². The number of ether oxygens (including phenoxy) is 2. The lowest BCUT2D eigenvalue weighted by Crippen LogP contribution is -2.50. The zero-order chi connectivity index (χ0) is 26.7. The quantitative estimate of drug-likeness (QED) is 0.432. The van der Waals surface area contributed by atoms with Crippen LogP contribution >= 0.6 is 23.2 Å². The molecule has 1 aliphatic rings. The Kier molecular flexibility index (Phi) is 8.08. The van der Waals surface area contributed by atoms with Crippen LogP contribution in [0.4, 0.5) is 0 Å². The van der Waals surface area contributed by atoms with Crippen LogP contribution in [0.3, 0.4) is 0 Å². The van der Waals surface area contributed by atoms with Gasteiger partial charge in [-0.2, -0.15) is 0 Å². The van der Waals surface area contributed by atoms with E-state index < -0.39 is 21.7 Å². The maximum atomic E-state index is 13.3. The SMILES string of the molecule is CCOC(=O)c1ccc(-n2c(-c3ccc(Cl)cc3Cl)nc(C(=O)NN3CCS(=O)(=O)CC3)c2OC)cc1. The molecule has 13 heteroatoms. The molecule has 4 rings (SSSR count). The van der Waals surface area contributed by atoms with Crippen LogP contribution < -0.4 is 10.2 Å². The summed E-state index contributed by atoms with van der Waals surface area (Å²) in [5, 5.41) is 2.26. The van der Waals surface area contributed by atoms with Gasteiger partial charge in [0.05, 0.1) is 41.5 Å². The molecule has 0 atom stereocenters. The van der Waals surface area contributed by atoms with Crippen LogP contribution in [0.2, 0.25) is 10.0 Å². The fourth-order valence-electron chi connectivity index (χ4n) is 3.81. The Balaban J connectivity index is 1.78. The van der Waals surface area contributed by atoms with Crippen molar-refractivity contribution < 1.29 is 27.5 Å². The maximum absolute atomic E-state index is 13.3. The van der Waals surface area contributed by atoms with Gasteiger partial charge in [0.1, 0.15) is 5.82 Å². The van der Waals surface area contributed by atoms with E-state index in [1.54, 1.807) is 54.0 Å². The van der Waals surface area contributed by atoms with Crippen molar-refractivity contribution in [2.75, 3.05) is 38.3 Å². The Labute approximate surface area is 224 Å². The first-order valence-corrected chi connectivity index (χ1v) is 13.9. The molecule has 1 aliphatic heterocycles. The standard InChI is InChI=1S/C24H24Cl2N4O6S/c1-3-36-24(32)15-4-7-17(8-5-15)30-21(18-9-6-16(25)14-19(18)26)27-20(23(30)35-2)22(31)28-29-10-12-37(33,34)13-11-29/h4-9,14H,3,10-13H2,1-2H3,(H,28,31). The normalized spacial score (nSPS) is 15.2. The molecule has 0 radical (unpaired) electrons. The minimum Gasteiger partial charge on any atom is -0.480 e. The van der Waals surface area contributed by atoms with Gasteiger partial charge in [0.15, 0.2) is 15.5 Å². The molecule has 0 bridgehead atoms. The molecular weight excluding hydrogens is 543 g/mol. The number of carbonyl (C=O) groups excluding carboxylic acids is 2. The highest BCUT2D eigenvalue weighted by Crippen LogP contribution is 2.36. The van der Waals surface area contributed by atoms with Gasteiger partial charge in [-0.25, -0.2) is 23.2 Å². The Hall–Kier alpha value is -3.12.